The fourth-order valence-electron chi connectivity index (χ4n) is 4.54. The number of Topliss-reactive ketones (excluding diaryl/α,β-unsaturated/α-hetero) is 1. The Kier molecular flexibility index (Phi) is 6.60. The van der Waals surface area contributed by atoms with E-state index in [9.17, 15) is 9.59 Å². The van der Waals surface area contributed by atoms with Gasteiger partial charge in [-0.2, -0.15) is 0 Å². The molecular formula is C28H28N2O2. The minimum Gasteiger partial charge on any atom is -0.322 e. The highest BCUT2D eigenvalue weighted by Gasteiger charge is 2.43. The average Bonchev–Trinajstić information content (AvgIpc) is 2.79. The van der Waals surface area contributed by atoms with Gasteiger partial charge in [-0.15, -0.1) is 0 Å². The number of allylic oxidation sites excluding steroid dienone is 5. The van der Waals surface area contributed by atoms with Crippen LogP contribution in [0.2, 0.25) is 0 Å². The maximum atomic E-state index is 13.8. The van der Waals surface area contributed by atoms with Gasteiger partial charge in [0.15, 0.2) is 5.78 Å². The zero-order valence-corrected chi connectivity index (χ0v) is 18.4. The largest absolute Gasteiger partial charge is 0.322 e. The van der Waals surface area contributed by atoms with Crippen LogP contribution < -0.4 is 5.32 Å². The summed E-state index contributed by atoms with van der Waals surface area (Å²) in [5.74, 6) is -0.0462. The number of hydrogen-bond acceptors (Lipinski definition) is 3. The Morgan fingerprint density at radius 3 is 2.34 bits per heavy atom. The lowest BCUT2D eigenvalue weighted by atomic mass is 9.66. The summed E-state index contributed by atoms with van der Waals surface area (Å²) in [5.41, 5.74) is 3.12. The van der Waals surface area contributed by atoms with Crippen molar-refractivity contribution in [2.45, 2.75) is 39.0 Å². The average molecular weight is 425 g/mol. The second-order valence-electron chi connectivity index (χ2n) is 8.42. The van der Waals surface area contributed by atoms with Crippen molar-refractivity contribution < 1.29 is 9.59 Å². The SMILES string of the molecule is Cc1ccccc1C(=O)Nc1ccc(C(=O)C2(C3=NC=CC=CC=C3)CCCCC2)cc1. The molecule has 1 heterocycles. The van der Waals surface area contributed by atoms with Crippen LogP contribution in [0.15, 0.2) is 90.1 Å². The van der Waals surface area contributed by atoms with Gasteiger partial charge in [0, 0.05) is 23.0 Å². The van der Waals surface area contributed by atoms with E-state index in [1.54, 1.807) is 18.3 Å². The van der Waals surface area contributed by atoms with E-state index in [-0.39, 0.29) is 11.7 Å². The first-order valence-electron chi connectivity index (χ1n) is 11.2. The fraction of sp³-hybridized carbons (Fsp3) is 0.250. The smallest absolute Gasteiger partial charge is 0.255 e. The number of ketones is 1. The van der Waals surface area contributed by atoms with Crippen LogP contribution in [0.25, 0.3) is 0 Å². The van der Waals surface area contributed by atoms with Gasteiger partial charge in [-0.05, 0) is 67.8 Å². The first-order chi connectivity index (χ1) is 15.6. The van der Waals surface area contributed by atoms with Crippen molar-refractivity contribution >= 4 is 23.1 Å². The second kappa shape index (κ2) is 9.73. The van der Waals surface area contributed by atoms with Gasteiger partial charge in [0.05, 0.1) is 11.1 Å². The van der Waals surface area contributed by atoms with Crippen LogP contribution in [0.5, 0.6) is 0 Å². The van der Waals surface area contributed by atoms with E-state index < -0.39 is 5.41 Å². The zero-order chi connectivity index (χ0) is 22.4. The first kappa shape index (κ1) is 21.7. The molecule has 0 unspecified atom stereocenters. The topological polar surface area (TPSA) is 58.5 Å². The van der Waals surface area contributed by atoms with E-state index >= 15 is 0 Å². The number of hydrogen-bond donors (Lipinski definition) is 1. The number of rotatable bonds is 5. The molecule has 2 aliphatic rings. The van der Waals surface area contributed by atoms with Crippen molar-refractivity contribution in [1.82, 2.24) is 0 Å². The third-order valence-electron chi connectivity index (χ3n) is 6.31. The molecule has 1 saturated carbocycles. The van der Waals surface area contributed by atoms with Crippen LogP contribution in [0.3, 0.4) is 0 Å². The summed E-state index contributed by atoms with van der Waals surface area (Å²) in [6, 6.07) is 14.7. The van der Waals surface area contributed by atoms with Gasteiger partial charge in [0.25, 0.3) is 5.91 Å². The number of benzene rings is 2. The lowest BCUT2D eigenvalue weighted by molar-refractivity contribution is 0.0827. The summed E-state index contributed by atoms with van der Waals surface area (Å²) in [6.45, 7) is 1.91. The van der Waals surface area contributed by atoms with Crippen molar-refractivity contribution in [2.24, 2.45) is 10.4 Å². The molecule has 162 valence electrons. The van der Waals surface area contributed by atoms with Crippen LogP contribution >= 0.6 is 0 Å². The molecule has 1 N–H and O–H groups in total. The Morgan fingerprint density at radius 1 is 0.875 bits per heavy atom. The summed E-state index contributed by atoms with van der Waals surface area (Å²) >= 11 is 0. The van der Waals surface area contributed by atoms with Gasteiger partial charge in [-0.1, -0.05) is 55.7 Å². The van der Waals surface area contributed by atoms with E-state index in [4.69, 9.17) is 0 Å². The van der Waals surface area contributed by atoms with Crippen molar-refractivity contribution in [3.05, 3.63) is 102 Å². The first-order valence-corrected chi connectivity index (χ1v) is 11.2. The number of anilines is 1. The maximum Gasteiger partial charge on any atom is 0.255 e. The number of nitrogens with one attached hydrogen (secondary N) is 1. The number of aliphatic imine (C=N–C) groups is 1. The van der Waals surface area contributed by atoms with Crippen LogP contribution in [-0.4, -0.2) is 17.4 Å². The molecule has 4 nitrogen and oxygen atoms in total. The molecule has 1 aliphatic carbocycles. The third-order valence-corrected chi connectivity index (χ3v) is 6.31. The molecule has 0 aromatic heterocycles. The van der Waals surface area contributed by atoms with E-state index in [2.05, 4.69) is 10.3 Å². The van der Waals surface area contributed by atoms with Crippen molar-refractivity contribution in [3.8, 4) is 0 Å². The molecule has 0 atom stereocenters. The van der Waals surface area contributed by atoms with Crippen molar-refractivity contribution in [2.75, 3.05) is 5.32 Å². The molecule has 4 heteroatoms. The van der Waals surface area contributed by atoms with Crippen molar-refractivity contribution in [3.63, 3.8) is 0 Å². The van der Waals surface area contributed by atoms with Gasteiger partial charge >= 0.3 is 0 Å². The zero-order valence-electron chi connectivity index (χ0n) is 18.4. The van der Waals surface area contributed by atoms with Gasteiger partial charge in [-0.25, -0.2) is 0 Å². The summed E-state index contributed by atoms with van der Waals surface area (Å²) in [7, 11) is 0. The van der Waals surface area contributed by atoms with Gasteiger partial charge < -0.3 is 5.32 Å². The highest BCUT2D eigenvalue weighted by atomic mass is 16.1. The summed E-state index contributed by atoms with van der Waals surface area (Å²) < 4.78 is 0. The maximum absolute atomic E-state index is 13.8. The molecule has 2 aromatic carbocycles. The molecule has 0 spiro atoms. The minimum atomic E-state index is -0.601. The molecule has 0 radical (unpaired) electrons. The summed E-state index contributed by atoms with van der Waals surface area (Å²) in [4.78, 5) is 31.0. The lowest BCUT2D eigenvalue weighted by Crippen LogP contribution is -2.40. The highest BCUT2D eigenvalue weighted by molar-refractivity contribution is 6.20. The Labute approximate surface area is 189 Å². The molecular weight excluding hydrogens is 396 g/mol. The number of amides is 1. The predicted molar refractivity (Wildman–Crippen MR) is 130 cm³/mol. The Bertz CT molecular complexity index is 1110. The number of nitrogens with zero attached hydrogens (tertiary/aromatic N) is 1. The molecule has 32 heavy (non-hydrogen) atoms. The van der Waals surface area contributed by atoms with E-state index in [1.807, 2.05) is 73.7 Å². The second-order valence-corrected chi connectivity index (χ2v) is 8.42. The predicted octanol–water partition coefficient (Wildman–Crippen LogP) is 6.46. The van der Waals surface area contributed by atoms with E-state index in [1.165, 1.54) is 0 Å². The lowest BCUT2D eigenvalue weighted by Gasteiger charge is -2.36. The van der Waals surface area contributed by atoms with Crippen LogP contribution in [0, 0.1) is 12.3 Å². The standard InChI is InChI=1S/C28H28N2O2/c1-21-11-6-7-12-24(21)27(32)30-23-16-14-22(15-17-23)26(31)28(18-8-4-9-19-28)25-13-5-2-3-10-20-29-25/h2-3,5-7,10-17,20H,4,8-9,18-19H2,1H3,(H,30,32). The van der Waals surface area contributed by atoms with E-state index in [0.717, 1.165) is 43.4 Å². The van der Waals surface area contributed by atoms with Gasteiger partial charge in [0.1, 0.15) is 0 Å². The van der Waals surface area contributed by atoms with Crippen LogP contribution in [-0.2, 0) is 0 Å². The number of carbonyl (C=O) groups excluding carboxylic acids is 2. The Hall–Kier alpha value is -3.53. The summed E-state index contributed by atoms with van der Waals surface area (Å²) in [5, 5.41) is 2.93. The molecule has 0 bridgehead atoms. The molecule has 4 rings (SSSR count). The molecule has 2 aromatic rings. The number of aryl methyl sites for hydroxylation is 1. The van der Waals surface area contributed by atoms with Crippen molar-refractivity contribution in [1.29, 1.82) is 0 Å². The number of carbonyl (C=O) groups is 2. The quantitative estimate of drug-likeness (QED) is 0.560. The van der Waals surface area contributed by atoms with E-state index in [0.29, 0.717) is 16.8 Å². The highest BCUT2D eigenvalue weighted by Crippen LogP contribution is 2.41. The Balaban J connectivity index is 1.57. The third kappa shape index (κ3) is 4.54. The van der Waals surface area contributed by atoms with Gasteiger partial charge in [0.2, 0.25) is 0 Å². The molecule has 1 fully saturated rings. The molecule has 0 saturated heterocycles. The Morgan fingerprint density at radius 2 is 1.59 bits per heavy atom. The minimum absolute atomic E-state index is 0.107. The van der Waals surface area contributed by atoms with Crippen LogP contribution in [0.1, 0.15) is 58.4 Å². The monoisotopic (exact) mass is 424 g/mol. The molecule has 1 amide bonds. The van der Waals surface area contributed by atoms with Gasteiger partial charge in [-0.3, -0.25) is 14.6 Å². The van der Waals surface area contributed by atoms with Crippen LogP contribution in [0.4, 0.5) is 5.69 Å². The molecule has 1 aliphatic heterocycles. The summed E-state index contributed by atoms with van der Waals surface area (Å²) in [6.07, 6.45) is 16.2. The normalized spacial score (nSPS) is 17.2. The fourth-order valence-corrected chi connectivity index (χ4v) is 4.54.